The van der Waals surface area contributed by atoms with Crippen molar-refractivity contribution in [2.45, 2.75) is 56.7 Å². The molecule has 2 rings (SSSR count). The zero-order valence-electron chi connectivity index (χ0n) is 10.6. The minimum Gasteiger partial charge on any atom is -0.366 e. The first-order valence-electron chi connectivity index (χ1n) is 6.84. The Labute approximate surface area is 105 Å². The number of likely N-dealkylation sites (tertiary alicyclic amines) is 1. The molecular formula is C14H24N2O. The average Bonchev–Trinajstić information content (AvgIpc) is 2.38. The van der Waals surface area contributed by atoms with Crippen molar-refractivity contribution in [3.63, 3.8) is 0 Å². The summed E-state index contributed by atoms with van der Waals surface area (Å²) in [6.45, 7) is 2.83. The van der Waals surface area contributed by atoms with E-state index >= 15 is 0 Å². The highest BCUT2D eigenvalue weighted by atomic mass is 16.5. The standard InChI is InChI=1S/C14H24N2O/c1-2-11-17-14-5-3-13(4-6-14)16-9-7-12(15)8-10-16/h1,12-14H,3-11,15H2. The minimum atomic E-state index is 0.398. The number of nitrogens with two attached hydrogens (primary N) is 1. The molecule has 2 N–H and O–H groups in total. The Balaban J connectivity index is 1.70. The monoisotopic (exact) mass is 236 g/mol. The number of piperidine rings is 1. The molecule has 0 atom stereocenters. The van der Waals surface area contributed by atoms with Gasteiger partial charge in [0.05, 0.1) is 6.10 Å². The van der Waals surface area contributed by atoms with E-state index in [4.69, 9.17) is 16.9 Å². The van der Waals surface area contributed by atoms with Crippen molar-refractivity contribution in [3.05, 3.63) is 0 Å². The number of ether oxygens (including phenoxy) is 1. The van der Waals surface area contributed by atoms with E-state index in [1.54, 1.807) is 0 Å². The van der Waals surface area contributed by atoms with E-state index in [1.807, 2.05) is 0 Å². The van der Waals surface area contributed by atoms with Gasteiger partial charge in [-0.15, -0.1) is 6.42 Å². The van der Waals surface area contributed by atoms with E-state index in [-0.39, 0.29) is 0 Å². The van der Waals surface area contributed by atoms with Crippen LogP contribution in [0.4, 0.5) is 0 Å². The molecular weight excluding hydrogens is 212 g/mol. The molecule has 3 nitrogen and oxygen atoms in total. The van der Waals surface area contributed by atoms with Gasteiger partial charge in [0.1, 0.15) is 6.61 Å². The summed E-state index contributed by atoms with van der Waals surface area (Å²) >= 11 is 0. The van der Waals surface area contributed by atoms with Crippen LogP contribution >= 0.6 is 0 Å². The van der Waals surface area contributed by atoms with Gasteiger partial charge in [-0.1, -0.05) is 5.92 Å². The van der Waals surface area contributed by atoms with Gasteiger partial charge in [0.2, 0.25) is 0 Å². The third-order valence-corrected chi connectivity index (χ3v) is 4.14. The summed E-state index contributed by atoms with van der Waals surface area (Å²) in [5.74, 6) is 2.55. The molecule has 1 heterocycles. The number of terminal acetylenes is 1. The molecule has 0 bridgehead atoms. The molecule has 0 aromatic heterocycles. The molecule has 0 aromatic rings. The van der Waals surface area contributed by atoms with E-state index in [9.17, 15) is 0 Å². The van der Waals surface area contributed by atoms with Crippen molar-refractivity contribution >= 4 is 0 Å². The Hall–Kier alpha value is -0.560. The molecule has 1 aliphatic carbocycles. The predicted molar refractivity (Wildman–Crippen MR) is 69.6 cm³/mol. The van der Waals surface area contributed by atoms with Crippen molar-refractivity contribution in [2.24, 2.45) is 5.73 Å². The van der Waals surface area contributed by atoms with Crippen LogP contribution in [0.1, 0.15) is 38.5 Å². The molecule has 0 unspecified atom stereocenters. The summed E-state index contributed by atoms with van der Waals surface area (Å²) in [5.41, 5.74) is 5.94. The third-order valence-electron chi connectivity index (χ3n) is 4.14. The number of hydrogen-bond donors (Lipinski definition) is 1. The molecule has 17 heavy (non-hydrogen) atoms. The first-order chi connectivity index (χ1) is 8.29. The fourth-order valence-corrected chi connectivity index (χ4v) is 3.03. The Morgan fingerprint density at radius 2 is 1.76 bits per heavy atom. The topological polar surface area (TPSA) is 38.5 Å². The van der Waals surface area contributed by atoms with Crippen LogP contribution < -0.4 is 5.73 Å². The third kappa shape index (κ3) is 3.70. The lowest BCUT2D eigenvalue weighted by Crippen LogP contribution is -2.46. The highest BCUT2D eigenvalue weighted by molar-refractivity contribution is 4.87. The number of nitrogens with zero attached hydrogens (tertiary/aromatic N) is 1. The van der Waals surface area contributed by atoms with E-state index in [0.717, 1.165) is 31.7 Å². The van der Waals surface area contributed by atoms with Crippen LogP contribution in [-0.2, 0) is 4.74 Å². The second-order valence-electron chi connectivity index (χ2n) is 5.32. The summed E-state index contributed by atoms with van der Waals surface area (Å²) in [4.78, 5) is 2.63. The zero-order valence-corrected chi connectivity index (χ0v) is 10.6. The smallest absolute Gasteiger partial charge is 0.107 e. The Kier molecular flexibility index (Phi) is 4.85. The SMILES string of the molecule is C#CCOC1CCC(N2CCC(N)CC2)CC1. The summed E-state index contributed by atoms with van der Waals surface area (Å²) < 4.78 is 5.61. The van der Waals surface area contributed by atoms with Crippen LogP contribution in [0.3, 0.4) is 0 Å². The van der Waals surface area contributed by atoms with Gasteiger partial charge in [-0.3, -0.25) is 0 Å². The molecule has 1 saturated heterocycles. The van der Waals surface area contributed by atoms with Crippen LogP contribution in [0, 0.1) is 12.3 Å². The molecule has 0 radical (unpaired) electrons. The van der Waals surface area contributed by atoms with Crippen molar-refractivity contribution in [2.75, 3.05) is 19.7 Å². The molecule has 3 heteroatoms. The fraction of sp³-hybridized carbons (Fsp3) is 0.857. The lowest BCUT2D eigenvalue weighted by molar-refractivity contribution is 0.0186. The van der Waals surface area contributed by atoms with Crippen LogP contribution in [0.25, 0.3) is 0 Å². The van der Waals surface area contributed by atoms with Crippen molar-refractivity contribution in [1.29, 1.82) is 0 Å². The zero-order chi connectivity index (χ0) is 12.1. The molecule has 96 valence electrons. The van der Waals surface area contributed by atoms with Crippen molar-refractivity contribution in [3.8, 4) is 12.3 Å². The van der Waals surface area contributed by atoms with Gasteiger partial charge in [-0.25, -0.2) is 0 Å². The quantitative estimate of drug-likeness (QED) is 0.752. The average molecular weight is 236 g/mol. The first-order valence-corrected chi connectivity index (χ1v) is 6.84. The van der Waals surface area contributed by atoms with Crippen LogP contribution in [0.15, 0.2) is 0 Å². The van der Waals surface area contributed by atoms with Crippen molar-refractivity contribution in [1.82, 2.24) is 4.90 Å². The molecule has 1 saturated carbocycles. The highest BCUT2D eigenvalue weighted by Gasteiger charge is 2.28. The Morgan fingerprint density at radius 3 is 2.35 bits per heavy atom. The van der Waals surface area contributed by atoms with Gasteiger partial charge < -0.3 is 15.4 Å². The molecule has 2 fully saturated rings. The van der Waals surface area contributed by atoms with Gasteiger partial charge in [0, 0.05) is 12.1 Å². The maximum atomic E-state index is 5.94. The van der Waals surface area contributed by atoms with Crippen LogP contribution in [-0.4, -0.2) is 42.8 Å². The normalized spacial score (nSPS) is 32.2. The lowest BCUT2D eigenvalue weighted by atomic mass is 9.90. The van der Waals surface area contributed by atoms with Crippen LogP contribution in [0.2, 0.25) is 0 Å². The summed E-state index contributed by atoms with van der Waals surface area (Å²) in [5, 5.41) is 0. The van der Waals surface area contributed by atoms with E-state index in [2.05, 4.69) is 10.8 Å². The van der Waals surface area contributed by atoms with Gasteiger partial charge in [0.15, 0.2) is 0 Å². The van der Waals surface area contributed by atoms with E-state index in [0.29, 0.717) is 18.8 Å². The highest BCUT2D eigenvalue weighted by Crippen LogP contribution is 2.26. The maximum Gasteiger partial charge on any atom is 0.107 e. The van der Waals surface area contributed by atoms with E-state index in [1.165, 1.54) is 25.9 Å². The van der Waals surface area contributed by atoms with Crippen molar-refractivity contribution < 1.29 is 4.74 Å². The Bertz CT molecular complexity index is 258. The second-order valence-corrected chi connectivity index (χ2v) is 5.32. The molecule has 2 aliphatic rings. The van der Waals surface area contributed by atoms with E-state index < -0.39 is 0 Å². The second kappa shape index (κ2) is 6.39. The molecule has 0 aromatic carbocycles. The van der Waals surface area contributed by atoms with Gasteiger partial charge >= 0.3 is 0 Å². The Morgan fingerprint density at radius 1 is 1.12 bits per heavy atom. The molecule has 1 aliphatic heterocycles. The molecule has 0 spiro atoms. The minimum absolute atomic E-state index is 0.398. The lowest BCUT2D eigenvalue weighted by Gasteiger charge is -2.40. The summed E-state index contributed by atoms with van der Waals surface area (Å²) in [6, 6.07) is 1.19. The van der Waals surface area contributed by atoms with Gasteiger partial charge in [0.25, 0.3) is 0 Å². The maximum absolute atomic E-state index is 5.94. The largest absolute Gasteiger partial charge is 0.366 e. The predicted octanol–water partition coefficient (Wildman–Crippen LogP) is 1.37. The summed E-state index contributed by atoms with van der Waals surface area (Å²) in [6.07, 6.45) is 12.8. The van der Waals surface area contributed by atoms with Crippen LogP contribution in [0.5, 0.6) is 0 Å². The number of hydrogen-bond acceptors (Lipinski definition) is 3. The van der Waals surface area contributed by atoms with Gasteiger partial charge in [-0.2, -0.15) is 0 Å². The number of rotatable bonds is 3. The first kappa shape index (κ1) is 12.9. The fourth-order valence-electron chi connectivity index (χ4n) is 3.03. The summed E-state index contributed by atoms with van der Waals surface area (Å²) in [7, 11) is 0. The van der Waals surface area contributed by atoms with Gasteiger partial charge in [-0.05, 0) is 51.6 Å². The molecule has 0 amide bonds.